The van der Waals surface area contributed by atoms with Crippen molar-refractivity contribution in [3.05, 3.63) is 40.4 Å². The van der Waals surface area contributed by atoms with Gasteiger partial charge in [0, 0.05) is 15.6 Å². The highest BCUT2D eigenvalue weighted by molar-refractivity contribution is 6.51. The Morgan fingerprint density at radius 1 is 1.17 bits per heavy atom. The van der Waals surface area contributed by atoms with E-state index >= 15 is 0 Å². The lowest BCUT2D eigenvalue weighted by Gasteiger charge is -2.03. The summed E-state index contributed by atoms with van der Waals surface area (Å²) in [4.78, 5) is 0. The van der Waals surface area contributed by atoms with Gasteiger partial charge in [0.05, 0.1) is 0 Å². The van der Waals surface area contributed by atoms with Gasteiger partial charge in [0.25, 0.3) is 0 Å². The van der Waals surface area contributed by atoms with Crippen LogP contribution in [0.15, 0.2) is 29.8 Å². The van der Waals surface area contributed by atoms with Crippen LogP contribution in [0.25, 0.3) is 5.03 Å². The molecule has 1 aromatic carbocycles. The number of hydrogen-bond donors (Lipinski definition) is 0. The standard InChI is InChI=1S/C10H10Cl2/c1-7(2)10(12)8-5-3-4-6-9(8)11/h3-6H,1-2H3. The summed E-state index contributed by atoms with van der Waals surface area (Å²) in [6, 6.07) is 7.56. The summed E-state index contributed by atoms with van der Waals surface area (Å²) >= 11 is 12.0. The van der Waals surface area contributed by atoms with Gasteiger partial charge in [0.1, 0.15) is 0 Å². The number of rotatable bonds is 1. The molecule has 0 aromatic heterocycles. The Labute approximate surface area is 82.8 Å². The van der Waals surface area contributed by atoms with E-state index in [1.54, 1.807) is 0 Å². The predicted molar refractivity (Wildman–Crippen MR) is 55.6 cm³/mol. The molecule has 0 fully saturated rings. The summed E-state index contributed by atoms with van der Waals surface area (Å²) in [6.45, 7) is 3.93. The van der Waals surface area contributed by atoms with Crippen molar-refractivity contribution in [3.63, 3.8) is 0 Å². The van der Waals surface area contributed by atoms with Crippen LogP contribution >= 0.6 is 23.2 Å². The molecule has 64 valence electrons. The van der Waals surface area contributed by atoms with Gasteiger partial charge in [-0.3, -0.25) is 0 Å². The van der Waals surface area contributed by atoms with Crippen molar-refractivity contribution in [3.8, 4) is 0 Å². The maximum absolute atomic E-state index is 6.04. The zero-order valence-corrected chi connectivity index (χ0v) is 8.58. The van der Waals surface area contributed by atoms with Crippen molar-refractivity contribution in [2.75, 3.05) is 0 Å². The molecule has 2 heteroatoms. The SMILES string of the molecule is CC(C)=C(Cl)c1ccccc1Cl. The lowest BCUT2D eigenvalue weighted by atomic mass is 10.1. The van der Waals surface area contributed by atoms with E-state index in [1.807, 2.05) is 38.1 Å². The van der Waals surface area contributed by atoms with E-state index < -0.39 is 0 Å². The van der Waals surface area contributed by atoms with Gasteiger partial charge >= 0.3 is 0 Å². The molecule has 0 saturated heterocycles. The summed E-state index contributed by atoms with van der Waals surface area (Å²) in [6.07, 6.45) is 0. The second-order valence-electron chi connectivity index (χ2n) is 2.79. The van der Waals surface area contributed by atoms with E-state index in [9.17, 15) is 0 Å². The van der Waals surface area contributed by atoms with Crippen LogP contribution in [0.5, 0.6) is 0 Å². The highest BCUT2D eigenvalue weighted by atomic mass is 35.5. The Bertz CT molecular complexity index is 309. The van der Waals surface area contributed by atoms with Crippen LogP contribution in [0.4, 0.5) is 0 Å². The van der Waals surface area contributed by atoms with Crippen molar-refractivity contribution in [2.45, 2.75) is 13.8 Å². The Balaban J connectivity index is 3.21. The van der Waals surface area contributed by atoms with Crippen LogP contribution in [-0.4, -0.2) is 0 Å². The van der Waals surface area contributed by atoms with E-state index in [-0.39, 0.29) is 0 Å². The Morgan fingerprint density at radius 2 is 1.75 bits per heavy atom. The molecule has 0 aliphatic rings. The largest absolute Gasteiger partial charge is 0.0837 e. The maximum atomic E-state index is 6.04. The molecule has 0 unspecified atom stereocenters. The van der Waals surface area contributed by atoms with Crippen LogP contribution in [0, 0.1) is 0 Å². The fraction of sp³-hybridized carbons (Fsp3) is 0.200. The third-order valence-electron chi connectivity index (χ3n) is 1.55. The molecule has 0 aliphatic heterocycles. The quantitative estimate of drug-likeness (QED) is 0.634. The number of hydrogen-bond acceptors (Lipinski definition) is 0. The van der Waals surface area contributed by atoms with Crippen LogP contribution in [0.1, 0.15) is 19.4 Å². The second kappa shape index (κ2) is 3.97. The average Bonchev–Trinajstić information content (AvgIpc) is 2.04. The Morgan fingerprint density at radius 3 is 2.25 bits per heavy atom. The summed E-state index contributed by atoms with van der Waals surface area (Å²) in [7, 11) is 0. The zero-order chi connectivity index (χ0) is 9.14. The van der Waals surface area contributed by atoms with Gasteiger partial charge in [-0.25, -0.2) is 0 Å². The van der Waals surface area contributed by atoms with Crippen LogP contribution < -0.4 is 0 Å². The fourth-order valence-corrected chi connectivity index (χ4v) is 1.35. The molecule has 0 N–H and O–H groups in total. The van der Waals surface area contributed by atoms with Crippen molar-refractivity contribution >= 4 is 28.2 Å². The van der Waals surface area contributed by atoms with Gasteiger partial charge in [-0.2, -0.15) is 0 Å². The molecular weight excluding hydrogens is 191 g/mol. The topological polar surface area (TPSA) is 0 Å². The first kappa shape index (κ1) is 9.63. The lowest BCUT2D eigenvalue weighted by molar-refractivity contribution is 1.41. The molecule has 0 aliphatic carbocycles. The van der Waals surface area contributed by atoms with Gasteiger partial charge in [-0.1, -0.05) is 47.0 Å². The minimum Gasteiger partial charge on any atom is -0.0837 e. The number of allylic oxidation sites excluding steroid dienone is 1. The number of benzene rings is 1. The predicted octanol–water partition coefficient (Wildman–Crippen LogP) is 4.33. The highest BCUT2D eigenvalue weighted by Gasteiger charge is 2.03. The summed E-state index contributed by atoms with van der Waals surface area (Å²) in [5, 5.41) is 1.43. The van der Waals surface area contributed by atoms with Gasteiger partial charge in [0.15, 0.2) is 0 Å². The van der Waals surface area contributed by atoms with Crippen LogP contribution in [-0.2, 0) is 0 Å². The van der Waals surface area contributed by atoms with E-state index in [0.29, 0.717) is 5.02 Å². The Hall–Kier alpha value is -0.460. The molecule has 0 bridgehead atoms. The molecule has 0 amide bonds. The van der Waals surface area contributed by atoms with Gasteiger partial charge in [-0.15, -0.1) is 0 Å². The van der Waals surface area contributed by atoms with E-state index in [4.69, 9.17) is 23.2 Å². The molecule has 0 spiro atoms. The van der Waals surface area contributed by atoms with Crippen molar-refractivity contribution < 1.29 is 0 Å². The minimum absolute atomic E-state index is 0.698. The molecule has 0 nitrogen and oxygen atoms in total. The van der Waals surface area contributed by atoms with Gasteiger partial charge < -0.3 is 0 Å². The summed E-state index contributed by atoms with van der Waals surface area (Å²) < 4.78 is 0. The fourth-order valence-electron chi connectivity index (χ4n) is 0.909. The van der Waals surface area contributed by atoms with Crippen molar-refractivity contribution in [2.24, 2.45) is 0 Å². The normalized spacial score (nSPS) is 9.67. The third kappa shape index (κ3) is 2.02. The van der Waals surface area contributed by atoms with Crippen molar-refractivity contribution in [1.82, 2.24) is 0 Å². The number of halogens is 2. The van der Waals surface area contributed by atoms with Crippen LogP contribution in [0.2, 0.25) is 5.02 Å². The minimum atomic E-state index is 0.698. The third-order valence-corrected chi connectivity index (χ3v) is 2.46. The highest BCUT2D eigenvalue weighted by Crippen LogP contribution is 2.28. The molecular formula is C10H10Cl2. The zero-order valence-electron chi connectivity index (χ0n) is 7.07. The van der Waals surface area contributed by atoms with Gasteiger partial charge in [0.2, 0.25) is 0 Å². The maximum Gasteiger partial charge on any atom is 0.0493 e. The first-order chi connectivity index (χ1) is 5.63. The molecule has 0 radical (unpaired) electrons. The smallest absolute Gasteiger partial charge is 0.0493 e. The van der Waals surface area contributed by atoms with E-state index in [1.165, 1.54) is 0 Å². The summed E-state index contributed by atoms with van der Waals surface area (Å²) in [5.41, 5.74) is 1.98. The van der Waals surface area contributed by atoms with Crippen molar-refractivity contribution in [1.29, 1.82) is 0 Å². The second-order valence-corrected chi connectivity index (χ2v) is 3.58. The molecule has 0 heterocycles. The van der Waals surface area contributed by atoms with E-state index in [2.05, 4.69) is 0 Å². The van der Waals surface area contributed by atoms with E-state index in [0.717, 1.165) is 16.2 Å². The monoisotopic (exact) mass is 200 g/mol. The lowest BCUT2D eigenvalue weighted by Crippen LogP contribution is -1.80. The first-order valence-corrected chi connectivity index (χ1v) is 4.46. The molecule has 0 atom stereocenters. The average molecular weight is 201 g/mol. The first-order valence-electron chi connectivity index (χ1n) is 3.71. The molecule has 0 saturated carbocycles. The van der Waals surface area contributed by atoms with Crippen LogP contribution in [0.3, 0.4) is 0 Å². The van der Waals surface area contributed by atoms with Gasteiger partial charge in [-0.05, 0) is 19.9 Å². The molecule has 1 rings (SSSR count). The summed E-state index contributed by atoms with van der Waals surface area (Å²) in [5.74, 6) is 0. The molecule has 1 aromatic rings. The Kier molecular flexibility index (Phi) is 3.19. The molecule has 12 heavy (non-hydrogen) atoms.